The number of esters is 1. The zero-order valence-electron chi connectivity index (χ0n) is 13.8. The van der Waals surface area contributed by atoms with Crippen molar-refractivity contribution in [3.8, 4) is 5.69 Å². The molecule has 0 spiro atoms. The van der Waals surface area contributed by atoms with Crippen LogP contribution in [-0.4, -0.2) is 20.7 Å². The van der Waals surface area contributed by atoms with Crippen molar-refractivity contribution in [3.63, 3.8) is 0 Å². The molecule has 1 aromatic carbocycles. The molecular formula is C18H16ClN3O2S. The second kappa shape index (κ2) is 7.63. The Morgan fingerprint density at radius 3 is 2.76 bits per heavy atom. The third-order valence-electron chi connectivity index (χ3n) is 3.51. The Kier molecular flexibility index (Phi) is 5.31. The highest BCUT2D eigenvalue weighted by atomic mass is 35.5. The molecule has 0 N–H and O–H groups in total. The van der Waals surface area contributed by atoms with Crippen LogP contribution in [0.5, 0.6) is 0 Å². The molecule has 7 heteroatoms. The molecule has 0 bridgehead atoms. The first kappa shape index (κ1) is 17.4. The minimum absolute atomic E-state index is 0.0662. The Hall–Kier alpha value is -2.44. The fraction of sp³-hybridized carbons (Fsp3) is 0.167. The van der Waals surface area contributed by atoms with E-state index in [1.54, 1.807) is 10.8 Å². The number of benzene rings is 1. The Morgan fingerprint density at radius 1 is 1.32 bits per heavy atom. The van der Waals surface area contributed by atoms with Crippen LogP contribution < -0.4 is 0 Å². The number of carbonyl (C=O) groups excluding carboxylic acids is 1. The van der Waals surface area contributed by atoms with Gasteiger partial charge < -0.3 is 4.74 Å². The number of hydrogen-bond acceptors (Lipinski definition) is 5. The first-order chi connectivity index (χ1) is 12.0. The minimum Gasteiger partial charge on any atom is -0.457 e. The Bertz CT molecular complexity index is 916. The molecule has 0 radical (unpaired) electrons. The SMILES string of the molecule is Cc1nc(/C=C/C(=O)OCc2c(C)nn(-c3ccccc3)c2Cl)cs1. The smallest absolute Gasteiger partial charge is 0.331 e. The predicted molar refractivity (Wildman–Crippen MR) is 99.0 cm³/mol. The fourth-order valence-corrected chi connectivity index (χ4v) is 3.14. The molecule has 0 aliphatic heterocycles. The van der Waals surface area contributed by atoms with Crippen molar-refractivity contribution in [2.24, 2.45) is 0 Å². The number of thiazole rings is 1. The molecule has 0 atom stereocenters. The largest absolute Gasteiger partial charge is 0.457 e. The summed E-state index contributed by atoms with van der Waals surface area (Å²) < 4.78 is 6.91. The van der Waals surface area contributed by atoms with Crippen LogP contribution in [-0.2, 0) is 16.1 Å². The quantitative estimate of drug-likeness (QED) is 0.492. The molecule has 2 aromatic heterocycles. The van der Waals surface area contributed by atoms with E-state index in [4.69, 9.17) is 16.3 Å². The second-order valence-electron chi connectivity index (χ2n) is 5.33. The van der Waals surface area contributed by atoms with Crippen LogP contribution in [0.2, 0.25) is 5.15 Å². The monoisotopic (exact) mass is 373 g/mol. The van der Waals surface area contributed by atoms with Crippen LogP contribution in [0.4, 0.5) is 0 Å². The summed E-state index contributed by atoms with van der Waals surface area (Å²) in [5.74, 6) is -0.450. The molecule has 2 heterocycles. The van der Waals surface area contributed by atoms with Crippen molar-refractivity contribution in [2.45, 2.75) is 20.5 Å². The summed E-state index contributed by atoms with van der Waals surface area (Å²) in [6.07, 6.45) is 2.99. The molecular weight excluding hydrogens is 358 g/mol. The summed E-state index contributed by atoms with van der Waals surface area (Å²) >= 11 is 7.93. The van der Waals surface area contributed by atoms with Gasteiger partial charge in [-0.1, -0.05) is 29.8 Å². The van der Waals surface area contributed by atoms with Gasteiger partial charge >= 0.3 is 5.97 Å². The number of aromatic nitrogens is 3. The number of para-hydroxylation sites is 1. The lowest BCUT2D eigenvalue weighted by Crippen LogP contribution is -2.02. The maximum absolute atomic E-state index is 11.9. The summed E-state index contributed by atoms with van der Waals surface area (Å²) in [7, 11) is 0. The molecule has 0 aliphatic rings. The lowest BCUT2D eigenvalue weighted by molar-refractivity contribution is -0.138. The van der Waals surface area contributed by atoms with Gasteiger partial charge in [0.05, 0.1) is 22.1 Å². The molecule has 5 nitrogen and oxygen atoms in total. The summed E-state index contributed by atoms with van der Waals surface area (Å²) in [5.41, 5.74) is 3.01. The fourth-order valence-electron chi connectivity index (χ4n) is 2.24. The topological polar surface area (TPSA) is 57.0 Å². The molecule has 0 unspecified atom stereocenters. The van der Waals surface area contributed by atoms with Gasteiger partial charge in [0.2, 0.25) is 0 Å². The number of hydrogen-bond donors (Lipinski definition) is 0. The van der Waals surface area contributed by atoms with Gasteiger partial charge in [0.25, 0.3) is 0 Å². The Morgan fingerprint density at radius 2 is 2.08 bits per heavy atom. The number of aryl methyl sites for hydroxylation is 2. The first-order valence-corrected chi connectivity index (χ1v) is 8.86. The van der Waals surface area contributed by atoms with Crippen molar-refractivity contribution in [1.82, 2.24) is 14.8 Å². The van der Waals surface area contributed by atoms with Gasteiger partial charge in [-0.2, -0.15) is 5.10 Å². The van der Waals surface area contributed by atoms with E-state index in [9.17, 15) is 4.79 Å². The number of ether oxygens (including phenoxy) is 1. The molecule has 3 aromatic rings. The van der Waals surface area contributed by atoms with Gasteiger partial charge in [0.15, 0.2) is 0 Å². The highest BCUT2D eigenvalue weighted by Crippen LogP contribution is 2.24. The summed E-state index contributed by atoms with van der Waals surface area (Å²) in [4.78, 5) is 16.1. The zero-order chi connectivity index (χ0) is 17.8. The molecule has 0 fully saturated rings. The van der Waals surface area contributed by atoms with E-state index in [0.29, 0.717) is 10.7 Å². The number of halogens is 1. The maximum atomic E-state index is 11.9. The van der Waals surface area contributed by atoms with Crippen LogP contribution in [0.15, 0.2) is 41.8 Å². The molecule has 0 amide bonds. The van der Waals surface area contributed by atoms with Gasteiger partial charge in [-0.05, 0) is 32.1 Å². The van der Waals surface area contributed by atoms with Crippen molar-refractivity contribution in [1.29, 1.82) is 0 Å². The van der Waals surface area contributed by atoms with E-state index in [1.807, 2.05) is 49.6 Å². The first-order valence-electron chi connectivity index (χ1n) is 7.61. The summed E-state index contributed by atoms with van der Waals surface area (Å²) in [5, 5.41) is 7.69. The molecule has 0 aliphatic carbocycles. The highest BCUT2D eigenvalue weighted by Gasteiger charge is 2.15. The Balaban J connectivity index is 1.68. The molecule has 3 rings (SSSR count). The molecule has 25 heavy (non-hydrogen) atoms. The van der Waals surface area contributed by atoms with Crippen molar-refractivity contribution in [3.05, 3.63) is 68.9 Å². The van der Waals surface area contributed by atoms with Crippen molar-refractivity contribution >= 4 is 35.0 Å². The zero-order valence-corrected chi connectivity index (χ0v) is 15.3. The summed E-state index contributed by atoms with van der Waals surface area (Å²) in [6.45, 7) is 3.81. The average Bonchev–Trinajstić information content (AvgIpc) is 3.15. The van der Waals surface area contributed by atoms with E-state index in [-0.39, 0.29) is 6.61 Å². The van der Waals surface area contributed by atoms with Crippen LogP contribution in [0, 0.1) is 13.8 Å². The third-order valence-corrected chi connectivity index (χ3v) is 4.69. The third kappa shape index (κ3) is 4.15. The van der Waals surface area contributed by atoms with Crippen molar-refractivity contribution in [2.75, 3.05) is 0 Å². The lowest BCUT2D eigenvalue weighted by atomic mass is 10.3. The van der Waals surface area contributed by atoms with E-state index < -0.39 is 5.97 Å². The van der Waals surface area contributed by atoms with Gasteiger partial charge in [-0.15, -0.1) is 11.3 Å². The average molecular weight is 374 g/mol. The maximum Gasteiger partial charge on any atom is 0.331 e. The highest BCUT2D eigenvalue weighted by molar-refractivity contribution is 7.09. The van der Waals surface area contributed by atoms with E-state index >= 15 is 0 Å². The number of carbonyl (C=O) groups is 1. The van der Waals surface area contributed by atoms with Crippen LogP contribution in [0.1, 0.15) is 22.0 Å². The normalized spacial score (nSPS) is 11.2. The van der Waals surface area contributed by atoms with Crippen LogP contribution in [0.25, 0.3) is 11.8 Å². The van der Waals surface area contributed by atoms with Gasteiger partial charge in [0, 0.05) is 17.0 Å². The van der Waals surface area contributed by atoms with E-state index in [1.165, 1.54) is 17.4 Å². The van der Waals surface area contributed by atoms with Gasteiger partial charge in [-0.3, -0.25) is 0 Å². The molecule has 128 valence electrons. The number of nitrogens with zero attached hydrogens (tertiary/aromatic N) is 3. The predicted octanol–water partition coefficient (Wildman–Crippen LogP) is 4.36. The standard InChI is InChI=1S/C18H16ClN3O2S/c1-12-16(18(19)22(21-12)15-6-4-3-5-7-15)10-24-17(23)9-8-14-11-25-13(2)20-14/h3-9,11H,10H2,1-2H3/b9-8+. The van der Waals surface area contributed by atoms with Gasteiger partial charge in [-0.25, -0.2) is 14.5 Å². The Labute approximate surface area is 154 Å². The van der Waals surface area contributed by atoms with E-state index in [2.05, 4.69) is 10.1 Å². The molecule has 0 saturated carbocycles. The summed E-state index contributed by atoms with van der Waals surface area (Å²) in [6, 6.07) is 9.56. The van der Waals surface area contributed by atoms with E-state index in [0.717, 1.165) is 22.1 Å². The van der Waals surface area contributed by atoms with Crippen LogP contribution in [0.3, 0.4) is 0 Å². The number of rotatable bonds is 5. The van der Waals surface area contributed by atoms with Gasteiger partial charge in [0.1, 0.15) is 11.8 Å². The lowest BCUT2D eigenvalue weighted by Gasteiger charge is -2.04. The minimum atomic E-state index is -0.450. The van der Waals surface area contributed by atoms with Crippen LogP contribution >= 0.6 is 22.9 Å². The molecule has 0 saturated heterocycles. The van der Waals surface area contributed by atoms with Crippen molar-refractivity contribution < 1.29 is 9.53 Å². The second-order valence-corrected chi connectivity index (χ2v) is 6.75.